The first kappa shape index (κ1) is 12.0. The topological polar surface area (TPSA) is 24.1 Å². The quantitative estimate of drug-likeness (QED) is 0.522. The fraction of sp³-hybridized carbons (Fsp3) is 1.00. The molecule has 2 unspecified atom stereocenters. The summed E-state index contributed by atoms with van der Waals surface area (Å²) in [6.07, 6.45) is 7.04. The first-order valence-corrected chi connectivity index (χ1v) is 6.27. The van der Waals surface area contributed by atoms with E-state index in [0.717, 1.165) is 31.6 Å². The third-order valence-electron chi connectivity index (χ3n) is 3.24. The molecule has 2 N–H and O–H groups in total. The lowest BCUT2D eigenvalue weighted by molar-refractivity contribution is 0.445. The Bertz CT molecular complexity index is 136. The maximum atomic E-state index is 3.65. The molecule has 1 saturated carbocycles. The molecule has 1 fully saturated rings. The summed E-state index contributed by atoms with van der Waals surface area (Å²) in [7, 11) is 0. The number of likely N-dealkylation sites (N-methyl/N-ethyl adjacent to an activating group) is 1. The third-order valence-corrected chi connectivity index (χ3v) is 3.24. The smallest absolute Gasteiger partial charge is 0.00793 e. The zero-order chi connectivity index (χ0) is 10.2. The minimum atomic E-state index is 0.790. The molecule has 0 spiro atoms. The summed E-state index contributed by atoms with van der Waals surface area (Å²) in [6.45, 7) is 7.88. The minimum absolute atomic E-state index is 0.790. The fourth-order valence-electron chi connectivity index (χ4n) is 2.23. The van der Waals surface area contributed by atoms with Crippen LogP contribution in [0.5, 0.6) is 0 Å². The van der Waals surface area contributed by atoms with E-state index in [-0.39, 0.29) is 0 Å². The summed E-state index contributed by atoms with van der Waals surface area (Å²) in [5.41, 5.74) is 0. The lowest BCUT2D eigenvalue weighted by Gasteiger charge is -2.16. The van der Waals surface area contributed by atoms with Crippen LogP contribution in [0.3, 0.4) is 0 Å². The monoisotopic (exact) mass is 198 g/mol. The summed E-state index contributed by atoms with van der Waals surface area (Å²) >= 11 is 0. The standard InChI is InChI=1S/C12H26N2/c1-3-13-9-10-14-12-6-4-5-11(2)7-8-12/h11-14H,3-10H2,1-2H3. The highest BCUT2D eigenvalue weighted by molar-refractivity contribution is 4.73. The Morgan fingerprint density at radius 3 is 2.71 bits per heavy atom. The molecule has 0 aromatic heterocycles. The predicted octanol–water partition coefficient (Wildman–Crippen LogP) is 2.15. The Labute approximate surface area is 88.8 Å². The molecule has 0 amide bonds. The van der Waals surface area contributed by atoms with E-state index >= 15 is 0 Å². The number of rotatable bonds is 5. The van der Waals surface area contributed by atoms with Crippen LogP contribution >= 0.6 is 0 Å². The van der Waals surface area contributed by atoms with E-state index in [2.05, 4.69) is 24.5 Å². The van der Waals surface area contributed by atoms with E-state index in [1.54, 1.807) is 0 Å². The van der Waals surface area contributed by atoms with Crippen molar-refractivity contribution in [2.75, 3.05) is 19.6 Å². The van der Waals surface area contributed by atoms with Gasteiger partial charge in [-0.3, -0.25) is 0 Å². The molecule has 0 heterocycles. The molecular weight excluding hydrogens is 172 g/mol. The van der Waals surface area contributed by atoms with Crippen LogP contribution in [-0.4, -0.2) is 25.7 Å². The first-order valence-electron chi connectivity index (χ1n) is 6.27. The van der Waals surface area contributed by atoms with Crippen LogP contribution < -0.4 is 10.6 Å². The Hall–Kier alpha value is -0.0800. The van der Waals surface area contributed by atoms with E-state index in [1.807, 2.05) is 0 Å². The van der Waals surface area contributed by atoms with Gasteiger partial charge < -0.3 is 10.6 Å². The van der Waals surface area contributed by atoms with Gasteiger partial charge in [0, 0.05) is 19.1 Å². The van der Waals surface area contributed by atoms with Crippen LogP contribution in [0.4, 0.5) is 0 Å². The van der Waals surface area contributed by atoms with Crippen LogP contribution in [-0.2, 0) is 0 Å². The molecule has 0 saturated heterocycles. The molecule has 14 heavy (non-hydrogen) atoms. The number of nitrogens with one attached hydrogen (secondary N) is 2. The molecular formula is C12H26N2. The predicted molar refractivity (Wildman–Crippen MR) is 62.6 cm³/mol. The van der Waals surface area contributed by atoms with Crippen molar-refractivity contribution in [2.24, 2.45) is 5.92 Å². The molecule has 0 aromatic rings. The Morgan fingerprint density at radius 2 is 1.93 bits per heavy atom. The van der Waals surface area contributed by atoms with Crippen LogP contribution in [0, 0.1) is 5.92 Å². The second-order valence-corrected chi connectivity index (χ2v) is 4.62. The fourth-order valence-corrected chi connectivity index (χ4v) is 2.23. The van der Waals surface area contributed by atoms with Crippen LogP contribution in [0.2, 0.25) is 0 Å². The van der Waals surface area contributed by atoms with Gasteiger partial charge >= 0.3 is 0 Å². The van der Waals surface area contributed by atoms with E-state index in [4.69, 9.17) is 0 Å². The highest BCUT2D eigenvalue weighted by Gasteiger charge is 2.14. The van der Waals surface area contributed by atoms with Gasteiger partial charge in [-0.1, -0.05) is 26.7 Å². The van der Waals surface area contributed by atoms with Crippen molar-refractivity contribution in [1.29, 1.82) is 0 Å². The lowest BCUT2D eigenvalue weighted by atomic mass is 10.0. The zero-order valence-corrected chi connectivity index (χ0v) is 9.81. The van der Waals surface area contributed by atoms with Gasteiger partial charge in [0.05, 0.1) is 0 Å². The van der Waals surface area contributed by atoms with Crippen molar-refractivity contribution >= 4 is 0 Å². The molecule has 84 valence electrons. The van der Waals surface area contributed by atoms with Crippen molar-refractivity contribution < 1.29 is 0 Å². The van der Waals surface area contributed by atoms with Crippen molar-refractivity contribution in [3.8, 4) is 0 Å². The second-order valence-electron chi connectivity index (χ2n) is 4.62. The maximum absolute atomic E-state index is 3.65. The molecule has 1 aliphatic rings. The normalized spacial score (nSPS) is 28.7. The summed E-state index contributed by atoms with van der Waals surface area (Å²) in [5.74, 6) is 0.954. The van der Waals surface area contributed by atoms with Gasteiger partial charge in [-0.2, -0.15) is 0 Å². The van der Waals surface area contributed by atoms with E-state index in [9.17, 15) is 0 Å². The summed E-state index contributed by atoms with van der Waals surface area (Å²) in [5, 5.41) is 7.00. The van der Waals surface area contributed by atoms with Gasteiger partial charge in [0.25, 0.3) is 0 Å². The van der Waals surface area contributed by atoms with Crippen molar-refractivity contribution in [3.05, 3.63) is 0 Å². The molecule has 0 radical (unpaired) electrons. The van der Waals surface area contributed by atoms with Gasteiger partial charge in [-0.05, 0) is 31.7 Å². The lowest BCUT2D eigenvalue weighted by Crippen LogP contribution is -2.34. The minimum Gasteiger partial charge on any atom is -0.316 e. The van der Waals surface area contributed by atoms with Gasteiger partial charge in [-0.15, -0.1) is 0 Å². The van der Waals surface area contributed by atoms with Crippen LogP contribution in [0.25, 0.3) is 0 Å². The third kappa shape index (κ3) is 4.97. The summed E-state index contributed by atoms with van der Waals surface area (Å²) < 4.78 is 0. The molecule has 0 bridgehead atoms. The van der Waals surface area contributed by atoms with E-state index in [0.29, 0.717) is 0 Å². The molecule has 2 nitrogen and oxygen atoms in total. The van der Waals surface area contributed by atoms with Crippen molar-refractivity contribution in [1.82, 2.24) is 10.6 Å². The molecule has 1 rings (SSSR count). The average Bonchev–Trinajstić information content (AvgIpc) is 2.38. The van der Waals surface area contributed by atoms with Crippen LogP contribution in [0.1, 0.15) is 46.0 Å². The molecule has 1 aliphatic carbocycles. The van der Waals surface area contributed by atoms with Gasteiger partial charge in [0.15, 0.2) is 0 Å². The molecule has 2 heteroatoms. The van der Waals surface area contributed by atoms with Crippen molar-refractivity contribution in [2.45, 2.75) is 52.0 Å². The Morgan fingerprint density at radius 1 is 1.07 bits per heavy atom. The maximum Gasteiger partial charge on any atom is 0.00793 e. The Balaban J connectivity index is 2.05. The number of hydrogen-bond acceptors (Lipinski definition) is 2. The van der Waals surface area contributed by atoms with E-state index in [1.165, 1.54) is 32.1 Å². The number of hydrogen-bond donors (Lipinski definition) is 2. The van der Waals surface area contributed by atoms with Gasteiger partial charge in [-0.25, -0.2) is 0 Å². The molecule has 0 aromatic carbocycles. The van der Waals surface area contributed by atoms with Gasteiger partial charge in [0.1, 0.15) is 0 Å². The molecule has 0 aliphatic heterocycles. The van der Waals surface area contributed by atoms with Gasteiger partial charge in [0.2, 0.25) is 0 Å². The first-order chi connectivity index (χ1) is 6.83. The zero-order valence-electron chi connectivity index (χ0n) is 9.81. The van der Waals surface area contributed by atoms with E-state index < -0.39 is 0 Å². The highest BCUT2D eigenvalue weighted by atomic mass is 15.0. The Kier molecular flexibility index (Phi) is 6.20. The molecule has 2 atom stereocenters. The summed E-state index contributed by atoms with van der Waals surface area (Å²) in [6, 6.07) is 0.790. The largest absolute Gasteiger partial charge is 0.316 e. The SMILES string of the molecule is CCNCCNC1CCCC(C)CC1. The summed E-state index contributed by atoms with van der Waals surface area (Å²) in [4.78, 5) is 0. The van der Waals surface area contributed by atoms with Crippen molar-refractivity contribution in [3.63, 3.8) is 0 Å². The highest BCUT2D eigenvalue weighted by Crippen LogP contribution is 2.22. The van der Waals surface area contributed by atoms with Crippen LogP contribution in [0.15, 0.2) is 0 Å². The average molecular weight is 198 g/mol. The second kappa shape index (κ2) is 7.24.